The topological polar surface area (TPSA) is 67.5 Å². The number of rotatable bonds is 2. The largest absolute Gasteiger partial charge is 0.475 e. The molecule has 0 spiro atoms. The van der Waals surface area contributed by atoms with Gasteiger partial charge in [-0.1, -0.05) is 12.1 Å². The Hall–Kier alpha value is -2.10. The zero-order valence-electron chi connectivity index (χ0n) is 7.06. The molecule has 1 heterocycles. The van der Waals surface area contributed by atoms with Crippen LogP contribution < -0.4 is 0 Å². The van der Waals surface area contributed by atoms with Crippen LogP contribution in [-0.2, 0) is 0 Å². The summed E-state index contributed by atoms with van der Waals surface area (Å²) in [5.41, 5.74) is 0.676. The normalized spacial score (nSPS) is 10.3. The van der Waals surface area contributed by atoms with Crippen LogP contribution in [0.2, 0.25) is 0 Å². The summed E-state index contributed by atoms with van der Waals surface area (Å²) < 4.78 is 5.02. The van der Waals surface area contributed by atoms with Crippen molar-refractivity contribution in [3.8, 4) is 0 Å². The van der Waals surface area contributed by atoms with Gasteiger partial charge in [0, 0.05) is 5.39 Å². The first-order valence-corrected chi connectivity index (χ1v) is 3.93. The summed E-state index contributed by atoms with van der Waals surface area (Å²) in [7, 11) is 0. The molecule has 0 atom stereocenters. The van der Waals surface area contributed by atoms with Gasteiger partial charge in [0.25, 0.3) is 0 Å². The standard InChI is InChI=1S/C10H6O4/c11-5-7-3-1-2-6-4-8(10(12)13)14-9(6)7/h1-5H,(H,12,13). The molecule has 0 radical (unpaired) electrons. The molecule has 0 unspecified atom stereocenters. The molecule has 1 aromatic carbocycles. The van der Waals surface area contributed by atoms with Crippen LogP contribution in [-0.4, -0.2) is 17.4 Å². The van der Waals surface area contributed by atoms with Crippen molar-refractivity contribution in [1.29, 1.82) is 0 Å². The van der Waals surface area contributed by atoms with Crippen LogP contribution in [0, 0.1) is 0 Å². The molecule has 1 N–H and O–H groups in total. The zero-order chi connectivity index (χ0) is 10.1. The number of carbonyl (C=O) groups excluding carboxylic acids is 1. The number of fused-ring (bicyclic) bond motifs is 1. The van der Waals surface area contributed by atoms with Gasteiger partial charge in [-0.15, -0.1) is 0 Å². The molecule has 0 bridgehead atoms. The van der Waals surface area contributed by atoms with Gasteiger partial charge < -0.3 is 9.52 Å². The number of para-hydroxylation sites is 1. The van der Waals surface area contributed by atoms with Crippen molar-refractivity contribution in [2.24, 2.45) is 0 Å². The van der Waals surface area contributed by atoms with E-state index in [0.29, 0.717) is 22.8 Å². The predicted molar refractivity (Wildman–Crippen MR) is 48.6 cm³/mol. The van der Waals surface area contributed by atoms with Crippen LogP contribution in [0.25, 0.3) is 11.0 Å². The van der Waals surface area contributed by atoms with Crippen molar-refractivity contribution >= 4 is 23.2 Å². The van der Waals surface area contributed by atoms with Crippen molar-refractivity contribution in [1.82, 2.24) is 0 Å². The van der Waals surface area contributed by atoms with E-state index in [0.717, 1.165) is 0 Å². The molecule has 0 saturated heterocycles. The minimum absolute atomic E-state index is 0.158. The molecule has 70 valence electrons. The van der Waals surface area contributed by atoms with Gasteiger partial charge in [0.15, 0.2) is 6.29 Å². The van der Waals surface area contributed by atoms with Gasteiger partial charge in [-0.25, -0.2) is 4.79 Å². The maximum Gasteiger partial charge on any atom is 0.371 e. The fourth-order valence-corrected chi connectivity index (χ4v) is 1.28. The maximum atomic E-state index is 10.6. The summed E-state index contributed by atoms with van der Waals surface area (Å²) in [5.74, 6) is -1.30. The third kappa shape index (κ3) is 1.17. The molecule has 0 aliphatic carbocycles. The van der Waals surface area contributed by atoms with E-state index in [9.17, 15) is 9.59 Å². The van der Waals surface area contributed by atoms with Gasteiger partial charge in [-0.05, 0) is 12.1 Å². The highest BCUT2D eigenvalue weighted by molar-refractivity contribution is 5.98. The van der Waals surface area contributed by atoms with E-state index >= 15 is 0 Å². The van der Waals surface area contributed by atoms with Crippen molar-refractivity contribution in [2.75, 3.05) is 0 Å². The fraction of sp³-hybridized carbons (Fsp3) is 0. The van der Waals surface area contributed by atoms with E-state index in [1.807, 2.05) is 0 Å². The summed E-state index contributed by atoms with van der Waals surface area (Å²) in [4.78, 5) is 21.2. The van der Waals surface area contributed by atoms with Crippen LogP contribution >= 0.6 is 0 Å². The lowest BCUT2D eigenvalue weighted by Gasteiger charge is -1.90. The molecule has 14 heavy (non-hydrogen) atoms. The van der Waals surface area contributed by atoms with Crippen molar-refractivity contribution in [2.45, 2.75) is 0 Å². The van der Waals surface area contributed by atoms with Gasteiger partial charge in [0.1, 0.15) is 5.58 Å². The lowest BCUT2D eigenvalue weighted by molar-refractivity contribution is 0.0664. The summed E-state index contributed by atoms with van der Waals surface area (Å²) in [6, 6.07) is 6.33. The summed E-state index contributed by atoms with van der Waals surface area (Å²) >= 11 is 0. The number of furan rings is 1. The van der Waals surface area contributed by atoms with E-state index in [2.05, 4.69) is 0 Å². The molecule has 1 aromatic heterocycles. The molecule has 2 rings (SSSR count). The monoisotopic (exact) mass is 190 g/mol. The van der Waals surface area contributed by atoms with Gasteiger partial charge in [0.05, 0.1) is 5.56 Å². The Morgan fingerprint density at radius 3 is 2.86 bits per heavy atom. The SMILES string of the molecule is O=Cc1cccc2cc(C(=O)O)oc12. The van der Waals surface area contributed by atoms with E-state index in [1.165, 1.54) is 6.07 Å². The smallest absolute Gasteiger partial charge is 0.371 e. The number of aromatic carboxylic acids is 1. The third-order valence-corrected chi connectivity index (χ3v) is 1.91. The second-order valence-electron chi connectivity index (χ2n) is 2.80. The Labute approximate surface area is 78.8 Å². The Morgan fingerprint density at radius 2 is 2.21 bits per heavy atom. The minimum atomic E-state index is -1.14. The Kier molecular flexibility index (Phi) is 1.81. The van der Waals surface area contributed by atoms with E-state index in [-0.39, 0.29) is 5.76 Å². The molecule has 2 aromatic rings. The average Bonchev–Trinajstić information content (AvgIpc) is 2.60. The molecule has 0 amide bonds. The first kappa shape index (κ1) is 8.50. The van der Waals surface area contributed by atoms with Crippen LogP contribution in [0.4, 0.5) is 0 Å². The van der Waals surface area contributed by atoms with Crippen LogP contribution in [0.5, 0.6) is 0 Å². The van der Waals surface area contributed by atoms with Gasteiger partial charge in [-0.3, -0.25) is 4.79 Å². The van der Waals surface area contributed by atoms with Crippen molar-refractivity contribution in [3.05, 3.63) is 35.6 Å². The number of carboxylic acids is 1. The Bertz CT molecular complexity index is 510. The van der Waals surface area contributed by atoms with E-state index in [4.69, 9.17) is 9.52 Å². The van der Waals surface area contributed by atoms with Crippen molar-refractivity contribution < 1.29 is 19.1 Å². The third-order valence-electron chi connectivity index (χ3n) is 1.91. The minimum Gasteiger partial charge on any atom is -0.475 e. The summed E-state index contributed by atoms with van der Waals surface area (Å²) in [6.45, 7) is 0. The number of hydrogen-bond acceptors (Lipinski definition) is 3. The Balaban J connectivity index is 2.76. The molecular formula is C10H6O4. The first-order chi connectivity index (χ1) is 6.72. The second kappa shape index (κ2) is 2.99. The molecule has 0 aliphatic heterocycles. The first-order valence-electron chi connectivity index (χ1n) is 3.93. The zero-order valence-corrected chi connectivity index (χ0v) is 7.06. The van der Waals surface area contributed by atoms with Gasteiger partial charge in [-0.2, -0.15) is 0 Å². The Morgan fingerprint density at radius 1 is 1.43 bits per heavy atom. The molecule has 0 fully saturated rings. The van der Waals surface area contributed by atoms with Gasteiger partial charge in [0.2, 0.25) is 5.76 Å². The van der Waals surface area contributed by atoms with E-state index in [1.54, 1.807) is 18.2 Å². The number of aldehydes is 1. The van der Waals surface area contributed by atoms with E-state index < -0.39 is 5.97 Å². The van der Waals surface area contributed by atoms with Crippen LogP contribution in [0.15, 0.2) is 28.7 Å². The average molecular weight is 190 g/mol. The number of carbonyl (C=O) groups is 2. The summed E-state index contributed by atoms with van der Waals surface area (Å²) in [6.07, 6.45) is 0.636. The quantitative estimate of drug-likeness (QED) is 0.735. The number of carboxylic acid groups (broad SMARTS) is 1. The molecule has 0 saturated carbocycles. The second-order valence-corrected chi connectivity index (χ2v) is 2.80. The molecule has 0 aliphatic rings. The highest BCUT2D eigenvalue weighted by atomic mass is 16.4. The van der Waals surface area contributed by atoms with Gasteiger partial charge >= 0.3 is 5.97 Å². The molecular weight excluding hydrogens is 184 g/mol. The number of benzene rings is 1. The molecule has 4 nitrogen and oxygen atoms in total. The lowest BCUT2D eigenvalue weighted by Crippen LogP contribution is -1.91. The fourth-order valence-electron chi connectivity index (χ4n) is 1.28. The highest BCUT2D eigenvalue weighted by Gasteiger charge is 2.12. The maximum absolute atomic E-state index is 10.6. The lowest BCUT2D eigenvalue weighted by atomic mass is 10.2. The molecule has 4 heteroatoms. The predicted octanol–water partition coefficient (Wildman–Crippen LogP) is 1.94. The highest BCUT2D eigenvalue weighted by Crippen LogP contribution is 2.21. The number of hydrogen-bond donors (Lipinski definition) is 1. The summed E-state index contributed by atoms with van der Waals surface area (Å²) in [5, 5.41) is 9.28. The van der Waals surface area contributed by atoms with Crippen LogP contribution in [0.1, 0.15) is 20.9 Å². The van der Waals surface area contributed by atoms with Crippen molar-refractivity contribution in [3.63, 3.8) is 0 Å². The van der Waals surface area contributed by atoms with Crippen LogP contribution in [0.3, 0.4) is 0 Å².